The standard InChI is InChI=1S/C5H6N3O/c1-8-3-2-4(6)7-5(8)9/h2-3H,1H2,(H2,6,7,9). The molecule has 1 radical (unpaired) electrons. The molecule has 0 unspecified atom stereocenters. The van der Waals surface area contributed by atoms with Gasteiger partial charge in [0.1, 0.15) is 5.82 Å². The zero-order chi connectivity index (χ0) is 6.85. The fourth-order valence-electron chi connectivity index (χ4n) is 0.442. The quantitative estimate of drug-likeness (QED) is 0.505. The van der Waals surface area contributed by atoms with Crippen molar-refractivity contribution in [1.29, 1.82) is 0 Å². The molecule has 1 rings (SSSR count). The zero-order valence-corrected chi connectivity index (χ0v) is 4.74. The maximum Gasteiger partial charge on any atom is 0.349 e. The number of nitrogens with two attached hydrogens (primary N) is 1. The maximum absolute atomic E-state index is 10.5. The summed E-state index contributed by atoms with van der Waals surface area (Å²) in [4.78, 5) is 13.9. The van der Waals surface area contributed by atoms with Crippen molar-refractivity contribution >= 4 is 5.82 Å². The molecule has 1 aromatic rings. The van der Waals surface area contributed by atoms with E-state index < -0.39 is 5.69 Å². The third-order valence-electron chi connectivity index (χ3n) is 0.896. The first-order chi connectivity index (χ1) is 4.20. The van der Waals surface area contributed by atoms with Crippen LogP contribution in [0.1, 0.15) is 0 Å². The normalized spacial score (nSPS) is 9.44. The van der Waals surface area contributed by atoms with E-state index in [0.29, 0.717) is 0 Å². The highest BCUT2D eigenvalue weighted by molar-refractivity contribution is 5.23. The molecule has 0 spiro atoms. The summed E-state index contributed by atoms with van der Waals surface area (Å²) in [7, 11) is 3.35. The third kappa shape index (κ3) is 1.07. The molecule has 0 aliphatic carbocycles. The molecule has 0 atom stereocenters. The van der Waals surface area contributed by atoms with E-state index in [-0.39, 0.29) is 5.82 Å². The summed E-state index contributed by atoms with van der Waals surface area (Å²) in [6, 6.07) is 1.51. The Morgan fingerprint density at radius 3 is 2.89 bits per heavy atom. The molecular weight excluding hydrogens is 118 g/mol. The van der Waals surface area contributed by atoms with Crippen molar-refractivity contribution in [3.8, 4) is 0 Å². The Balaban J connectivity index is 3.34. The summed E-state index contributed by atoms with van der Waals surface area (Å²) in [5.41, 5.74) is 4.74. The molecule has 0 aromatic carbocycles. The van der Waals surface area contributed by atoms with Gasteiger partial charge in [0.15, 0.2) is 0 Å². The summed E-state index contributed by atoms with van der Waals surface area (Å²) in [5, 5.41) is 0. The number of rotatable bonds is 0. The van der Waals surface area contributed by atoms with Gasteiger partial charge in [0.2, 0.25) is 0 Å². The molecule has 0 saturated carbocycles. The molecule has 0 fully saturated rings. The van der Waals surface area contributed by atoms with Crippen molar-refractivity contribution in [1.82, 2.24) is 9.55 Å². The minimum absolute atomic E-state index is 0.222. The van der Waals surface area contributed by atoms with Crippen molar-refractivity contribution in [2.75, 3.05) is 5.73 Å². The number of hydrogen-bond donors (Lipinski definition) is 1. The van der Waals surface area contributed by atoms with E-state index in [1.165, 1.54) is 12.3 Å². The molecule has 0 aliphatic rings. The Bertz CT molecular complexity index is 265. The monoisotopic (exact) mass is 124 g/mol. The van der Waals surface area contributed by atoms with Crippen LogP contribution in [0.2, 0.25) is 0 Å². The summed E-state index contributed by atoms with van der Waals surface area (Å²) in [5.74, 6) is 0.222. The van der Waals surface area contributed by atoms with Crippen LogP contribution in [0, 0.1) is 7.05 Å². The Morgan fingerprint density at radius 1 is 1.78 bits per heavy atom. The summed E-state index contributed by atoms with van der Waals surface area (Å²) in [6.45, 7) is 0. The minimum Gasteiger partial charge on any atom is -0.383 e. The Morgan fingerprint density at radius 2 is 2.44 bits per heavy atom. The molecule has 4 heteroatoms. The van der Waals surface area contributed by atoms with Gasteiger partial charge in [0.05, 0.1) is 0 Å². The number of aromatic nitrogens is 2. The van der Waals surface area contributed by atoms with Gasteiger partial charge in [-0.15, -0.1) is 0 Å². The SMILES string of the molecule is [CH2]n1ccc(N)nc1=O. The first-order valence-corrected chi connectivity index (χ1v) is 2.36. The molecule has 47 valence electrons. The van der Waals surface area contributed by atoms with Crippen LogP contribution in [0.3, 0.4) is 0 Å². The van der Waals surface area contributed by atoms with E-state index in [9.17, 15) is 4.79 Å². The lowest BCUT2D eigenvalue weighted by Crippen LogP contribution is -2.18. The molecule has 0 aliphatic heterocycles. The van der Waals surface area contributed by atoms with E-state index in [4.69, 9.17) is 5.73 Å². The molecule has 2 N–H and O–H groups in total. The highest BCUT2D eigenvalue weighted by Gasteiger charge is 1.88. The van der Waals surface area contributed by atoms with E-state index in [0.717, 1.165) is 4.57 Å². The van der Waals surface area contributed by atoms with Crippen LogP contribution in [0.4, 0.5) is 5.82 Å². The van der Waals surface area contributed by atoms with Gasteiger partial charge in [-0.25, -0.2) is 4.79 Å². The van der Waals surface area contributed by atoms with Crippen LogP contribution < -0.4 is 11.4 Å². The van der Waals surface area contributed by atoms with Gasteiger partial charge in [-0.1, -0.05) is 0 Å². The fraction of sp³-hybridized carbons (Fsp3) is 0. The molecule has 1 heterocycles. The van der Waals surface area contributed by atoms with Crippen molar-refractivity contribution in [2.45, 2.75) is 0 Å². The van der Waals surface area contributed by atoms with Crippen LogP contribution in [0.25, 0.3) is 0 Å². The van der Waals surface area contributed by atoms with E-state index >= 15 is 0 Å². The Hall–Kier alpha value is -1.32. The van der Waals surface area contributed by atoms with Gasteiger partial charge in [-0.05, 0) is 6.07 Å². The van der Waals surface area contributed by atoms with Gasteiger partial charge in [-0.3, -0.25) is 4.57 Å². The van der Waals surface area contributed by atoms with Crippen LogP contribution in [0.15, 0.2) is 17.1 Å². The Labute approximate surface area is 51.9 Å². The van der Waals surface area contributed by atoms with Gasteiger partial charge < -0.3 is 5.73 Å². The van der Waals surface area contributed by atoms with Gasteiger partial charge in [-0.2, -0.15) is 4.98 Å². The third-order valence-corrected chi connectivity index (χ3v) is 0.896. The lowest BCUT2D eigenvalue weighted by atomic mass is 10.6. The predicted octanol–water partition coefficient (Wildman–Crippen LogP) is -0.535. The van der Waals surface area contributed by atoms with E-state index in [1.807, 2.05) is 0 Å². The lowest BCUT2D eigenvalue weighted by Gasteiger charge is -1.92. The van der Waals surface area contributed by atoms with Crippen molar-refractivity contribution in [3.05, 3.63) is 29.8 Å². The Kier molecular flexibility index (Phi) is 1.22. The second-order valence-electron chi connectivity index (χ2n) is 1.60. The van der Waals surface area contributed by atoms with Crippen molar-refractivity contribution in [2.24, 2.45) is 0 Å². The van der Waals surface area contributed by atoms with Crippen LogP contribution in [-0.4, -0.2) is 9.55 Å². The summed E-state index contributed by atoms with van der Waals surface area (Å²) >= 11 is 0. The summed E-state index contributed by atoms with van der Waals surface area (Å²) < 4.78 is 1.11. The molecule has 4 nitrogen and oxygen atoms in total. The highest BCUT2D eigenvalue weighted by atomic mass is 16.1. The van der Waals surface area contributed by atoms with Crippen molar-refractivity contribution in [3.63, 3.8) is 0 Å². The molecule has 0 bridgehead atoms. The molecular formula is C5H6N3O. The van der Waals surface area contributed by atoms with E-state index in [1.54, 1.807) is 0 Å². The first kappa shape index (κ1) is 5.81. The number of nitrogens with zero attached hydrogens (tertiary/aromatic N) is 2. The summed E-state index contributed by atoms with van der Waals surface area (Å²) in [6.07, 6.45) is 1.46. The second kappa shape index (κ2) is 1.89. The van der Waals surface area contributed by atoms with Crippen molar-refractivity contribution < 1.29 is 0 Å². The molecule has 1 aromatic heterocycles. The molecule has 0 amide bonds. The van der Waals surface area contributed by atoms with Gasteiger partial charge in [0.25, 0.3) is 0 Å². The number of anilines is 1. The van der Waals surface area contributed by atoms with Gasteiger partial charge in [0, 0.05) is 13.2 Å². The number of hydrogen-bond acceptors (Lipinski definition) is 3. The smallest absolute Gasteiger partial charge is 0.349 e. The average Bonchev–Trinajstić information content (AvgIpc) is 1.80. The van der Waals surface area contributed by atoms with Crippen LogP contribution in [-0.2, 0) is 0 Å². The molecule has 9 heavy (non-hydrogen) atoms. The molecule has 0 saturated heterocycles. The minimum atomic E-state index is -0.435. The largest absolute Gasteiger partial charge is 0.383 e. The maximum atomic E-state index is 10.5. The van der Waals surface area contributed by atoms with Crippen LogP contribution in [0.5, 0.6) is 0 Å². The second-order valence-corrected chi connectivity index (χ2v) is 1.60. The first-order valence-electron chi connectivity index (χ1n) is 2.36. The topological polar surface area (TPSA) is 60.9 Å². The predicted molar refractivity (Wildman–Crippen MR) is 33.7 cm³/mol. The van der Waals surface area contributed by atoms with Gasteiger partial charge >= 0.3 is 5.69 Å². The van der Waals surface area contributed by atoms with Crippen LogP contribution >= 0.6 is 0 Å². The highest BCUT2D eigenvalue weighted by Crippen LogP contribution is 1.85. The zero-order valence-electron chi connectivity index (χ0n) is 4.74. The number of nitrogen functional groups attached to an aromatic ring is 1. The fourth-order valence-corrected chi connectivity index (χ4v) is 0.442. The van der Waals surface area contributed by atoms with E-state index in [2.05, 4.69) is 12.0 Å². The lowest BCUT2D eigenvalue weighted by molar-refractivity contribution is 0.918. The average molecular weight is 124 g/mol.